The molecule has 1 aromatic carbocycles. The molecular weight excluding hydrogens is 280 g/mol. The van der Waals surface area contributed by atoms with Crippen LogP contribution >= 0.6 is 0 Å². The third kappa shape index (κ3) is 5.00. The third-order valence-corrected chi connectivity index (χ3v) is 3.70. The van der Waals surface area contributed by atoms with Gasteiger partial charge in [0.25, 0.3) is 5.91 Å². The van der Waals surface area contributed by atoms with E-state index in [9.17, 15) is 14.7 Å². The molecular formula is C17H22N2O3. The molecule has 118 valence electrons. The molecule has 5 nitrogen and oxygen atoms in total. The molecule has 1 aromatic rings. The second-order valence-electron chi connectivity index (χ2n) is 5.63. The van der Waals surface area contributed by atoms with Gasteiger partial charge in [0.2, 0.25) is 5.91 Å². The largest absolute Gasteiger partial charge is 0.393 e. The Morgan fingerprint density at radius 1 is 1.14 bits per heavy atom. The van der Waals surface area contributed by atoms with Gasteiger partial charge in [-0.05, 0) is 37.3 Å². The number of hydrogen-bond donors (Lipinski definition) is 3. The molecule has 0 heterocycles. The van der Waals surface area contributed by atoms with Gasteiger partial charge in [0.1, 0.15) is 5.70 Å². The van der Waals surface area contributed by atoms with Crippen molar-refractivity contribution in [1.29, 1.82) is 0 Å². The topological polar surface area (TPSA) is 78.4 Å². The van der Waals surface area contributed by atoms with E-state index < -0.39 is 0 Å². The number of hydrogen-bond acceptors (Lipinski definition) is 3. The Kier molecular flexibility index (Phi) is 5.72. The highest BCUT2D eigenvalue weighted by Gasteiger charge is 2.22. The number of nitrogens with one attached hydrogen (secondary N) is 2. The SMILES string of the molecule is CC(=O)NC(=Cc1ccccc1)C(=O)NC1CCC(O)CC1. The second kappa shape index (κ2) is 7.75. The molecule has 3 N–H and O–H groups in total. The van der Waals surface area contributed by atoms with E-state index in [1.807, 2.05) is 30.3 Å². The van der Waals surface area contributed by atoms with Crippen LogP contribution in [-0.4, -0.2) is 29.1 Å². The maximum absolute atomic E-state index is 12.4. The molecule has 5 heteroatoms. The summed E-state index contributed by atoms with van der Waals surface area (Å²) in [6, 6.07) is 9.42. The van der Waals surface area contributed by atoms with Crippen molar-refractivity contribution >= 4 is 17.9 Å². The summed E-state index contributed by atoms with van der Waals surface area (Å²) in [5, 5.41) is 15.0. The Morgan fingerprint density at radius 3 is 2.36 bits per heavy atom. The van der Waals surface area contributed by atoms with Crippen molar-refractivity contribution in [2.75, 3.05) is 0 Å². The number of amides is 2. The molecule has 0 spiro atoms. The van der Waals surface area contributed by atoms with Crippen LogP contribution in [0.1, 0.15) is 38.2 Å². The van der Waals surface area contributed by atoms with E-state index in [0.29, 0.717) is 12.8 Å². The Bertz CT molecular complexity index is 546. The van der Waals surface area contributed by atoms with Crippen LogP contribution < -0.4 is 10.6 Å². The first-order valence-electron chi connectivity index (χ1n) is 7.58. The number of benzene rings is 1. The number of carbonyl (C=O) groups is 2. The lowest BCUT2D eigenvalue weighted by Gasteiger charge is -2.26. The molecule has 22 heavy (non-hydrogen) atoms. The average molecular weight is 302 g/mol. The van der Waals surface area contributed by atoms with Crippen LogP contribution in [0.25, 0.3) is 6.08 Å². The van der Waals surface area contributed by atoms with E-state index in [1.54, 1.807) is 6.08 Å². The van der Waals surface area contributed by atoms with Crippen molar-refractivity contribution in [2.24, 2.45) is 0 Å². The lowest BCUT2D eigenvalue weighted by molar-refractivity contribution is -0.123. The highest BCUT2D eigenvalue weighted by molar-refractivity contribution is 6.01. The maximum Gasteiger partial charge on any atom is 0.268 e. The minimum Gasteiger partial charge on any atom is -0.393 e. The molecule has 2 rings (SSSR count). The van der Waals surface area contributed by atoms with E-state index in [4.69, 9.17) is 0 Å². The van der Waals surface area contributed by atoms with Crippen molar-refractivity contribution in [1.82, 2.24) is 10.6 Å². The van der Waals surface area contributed by atoms with Gasteiger partial charge in [-0.15, -0.1) is 0 Å². The van der Waals surface area contributed by atoms with Gasteiger partial charge in [0.05, 0.1) is 6.10 Å². The summed E-state index contributed by atoms with van der Waals surface area (Å²) in [6.07, 6.45) is 4.31. The van der Waals surface area contributed by atoms with Gasteiger partial charge in [-0.3, -0.25) is 9.59 Å². The minimum absolute atomic E-state index is 0.0452. The highest BCUT2D eigenvalue weighted by Crippen LogP contribution is 2.18. The van der Waals surface area contributed by atoms with E-state index in [-0.39, 0.29) is 29.7 Å². The predicted molar refractivity (Wildman–Crippen MR) is 84.6 cm³/mol. The number of aliphatic hydroxyl groups is 1. The molecule has 1 fully saturated rings. The Labute approximate surface area is 130 Å². The van der Waals surface area contributed by atoms with Crippen LogP contribution in [0.2, 0.25) is 0 Å². The Morgan fingerprint density at radius 2 is 1.77 bits per heavy atom. The first-order chi connectivity index (χ1) is 10.5. The molecule has 0 atom stereocenters. The third-order valence-electron chi connectivity index (χ3n) is 3.70. The average Bonchev–Trinajstić information content (AvgIpc) is 2.49. The molecule has 1 saturated carbocycles. The van der Waals surface area contributed by atoms with Crippen LogP contribution in [0.15, 0.2) is 36.0 Å². The van der Waals surface area contributed by atoms with Crippen molar-refractivity contribution in [3.63, 3.8) is 0 Å². The molecule has 0 radical (unpaired) electrons. The maximum atomic E-state index is 12.4. The van der Waals surface area contributed by atoms with Gasteiger partial charge in [-0.25, -0.2) is 0 Å². The van der Waals surface area contributed by atoms with Gasteiger partial charge < -0.3 is 15.7 Å². The summed E-state index contributed by atoms with van der Waals surface area (Å²) in [7, 11) is 0. The van der Waals surface area contributed by atoms with Gasteiger partial charge in [-0.1, -0.05) is 30.3 Å². The van der Waals surface area contributed by atoms with Crippen molar-refractivity contribution < 1.29 is 14.7 Å². The first-order valence-corrected chi connectivity index (χ1v) is 7.58. The number of carbonyl (C=O) groups excluding carboxylic acids is 2. The second-order valence-corrected chi connectivity index (χ2v) is 5.63. The smallest absolute Gasteiger partial charge is 0.268 e. The zero-order valence-electron chi connectivity index (χ0n) is 12.7. The van der Waals surface area contributed by atoms with Crippen LogP contribution in [-0.2, 0) is 9.59 Å². The normalized spacial score (nSPS) is 22.0. The number of aliphatic hydroxyl groups excluding tert-OH is 1. The summed E-state index contributed by atoms with van der Waals surface area (Å²) < 4.78 is 0. The van der Waals surface area contributed by atoms with Crippen LogP contribution in [0, 0.1) is 0 Å². The summed E-state index contributed by atoms with van der Waals surface area (Å²) in [6.45, 7) is 1.38. The molecule has 0 bridgehead atoms. The Hall–Kier alpha value is -2.14. The first kappa shape index (κ1) is 16.2. The molecule has 0 saturated heterocycles. The summed E-state index contributed by atoms with van der Waals surface area (Å²) >= 11 is 0. The van der Waals surface area contributed by atoms with Gasteiger partial charge in [0, 0.05) is 13.0 Å². The molecule has 0 unspecified atom stereocenters. The van der Waals surface area contributed by atoms with Crippen molar-refractivity contribution in [3.05, 3.63) is 41.6 Å². The van der Waals surface area contributed by atoms with Crippen LogP contribution in [0.3, 0.4) is 0 Å². The fourth-order valence-corrected chi connectivity index (χ4v) is 2.55. The summed E-state index contributed by atoms with van der Waals surface area (Å²) in [4.78, 5) is 23.7. The minimum atomic E-state index is -0.291. The monoisotopic (exact) mass is 302 g/mol. The van der Waals surface area contributed by atoms with Gasteiger partial charge in [0.15, 0.2) is 0 Å². The molecule has 1 aliphatic rings. The van der Waals surface area contributed by atoms with Gasteiger partial charge in [-0.2, -0.15) is 0 Å². The highest BCUT2D eigenvalue weighted by atomic mass is 16.3. The predicted octanol–water partition coefficient (Wildman–Crippen LogP) is 1.58. The zero-order valence-corrected chi connectivity index (χ0v) is 12.7. The van der Waals surface area contributed by atoms with Crippen molar-refractivity contribution in [3.8, 4) is 0 Å². The van der Waals surface area contributed by atoms with Crippen LogP contribution in [0.4, 0.5) is 0 Å². The fraction of sp³-hybridized carbons (Fsp3) is 0.412. The lowest BCUT2D eigenvalue weighted by atomic mass is 9.93. The number of rotatable bonds is 4. The van der Waals surface area contributed by atoms with Crippen molar-refractivity contribution in [2.45, 2.75) is 44.8 Å². The van der Waals surface area contributed by atoms with E-state index in [0.717, 1.165) is 18.4 Å². The lowest BCUT2D eigenvalue weighted by Crippen LogP contribution is -2.42. The van der Waals surface area contributed by atoms with E-state index in [1.165, 1.54) is 6.92 Å². The molecule has 0 aromatic heterocycles. The molecule has 0 aliphatic heterocycles. The summed E-state index contributed by atoms with van der Waals surface area (Å²) in [5.74, 6) is -0.572. The quantitative estimate of drug-likeness (QED) is 0.739. The fourth-order valence-electron chi connectivity index (χ4n) is 2.55. The van der Waals surface area contributed by atoms with E-state index in [2.05, 4.69) is 10.6 Å². The molecule has 1 aliphatic carbocycles. The Balaban J connectivity index is 2.06. The summed E-state index contributed by atoms with van der Waals surface area (Å²) in [5.41, 5.74) is 1.09. The molecule has 2 amide bonds. The zero-order chi connectivity index (χ0) is 15.9. The van der Waals surface area contributed by atoms with E-state index >= 15 is 0 Å². The van der Waals surface area contributed by atoms with Crippen LogP contribution in [0.5, 0.6) is 0 Å². The standard InChI is InChI=1S/C17H22N2O3/c1-12(20)18-16(11-13-5-3-2-4-6-13)17(22)19-14-7-9-15(21)10-8-14/h2-6,11,14-15,21H,7-10H2,1H3,(H,18,20)(H,19,22). The van der Waals surface area contributed by atoms with Gasteiger partial charge >= 0.3 is 0 Å².